The van der Waals surface area contributed by atoms with Crippen LogP contribution in [-0.2, 0) is 13.0 Å². The number of aliphatic imine (C=N–C) groups is 1. The summed E-state index contributed by atoms with van der Waals surface area (Å²) in [6.45, 7) is 4.23. The Kier molecular flexibility index (Phi) is 8.49. The van der Waals surface area contributed by atoms with E-state index in [4.69, 9.17) is 4.42 Å². The van der Waals surface area contributed by atoms with Crippen LogP contribution in [0, 0.1) is 0 Å². The quantitative estimate of drug-likeness (QED) is 0.445. The average Bonchev–Trinajstić information content (AvgIpc) is 2.99. The molecule has 0 aliphatic heterocycles. The topological polar surface area (TPSA) is 62.5 Å². The number of nitrogens with zero attached hydrogens (tertiary/aromatic N) is 2. The first-order chi connectivity index (χ1) is 9.88. The number of aromatic nitrogens is 1. The lowest BCUT2D eigenvalue weighted by Crippen LogP contribution is -2.38. The van der Waals surface area contributed by atoms with Gasteiger partial charge in [-0.3, -0.25) is 4.98 Å². The van der Waals surface area contributed by atoms with Crippen LogP contribution in [0.5, 0.6) is 0 Å². The van der Waals surface area contributed by atoms with Crippen LogP contribution < -0.4 is 10.6 Å². The Morgan fingerprint density at radius 1 is 1.29 bits per heavy atom. The number of guanidine groups is 1. The Morgan fingerprint density at radius 2 is 2.19 bits per heavy atom. The third-order valence-electron chi connectivity index (χ3n) is 2.75. The van der Waals surface area contributed by atoms with Crippen molar-refractivity contribution in [1.29, 1.82) is 0 Å². The lowest BCUT2D eigenvalue weighted by molar-refractivity contribution is 0.512. The lowest BCUT2D eigenvalue weighted by Gasteiger charge is -2.10. The van der Waals surface area contributed by atoms with Crippen LogP contribution in [0.2, 0.25) is 0 Å². The van der Waals surface area contributed by atoms with Gasteiger partial charge in [-0.15, -0.1) is 24.0 Å². The first-order valence-corrected chi connectivity index (χ1v) is 6.82. The van der Waals surface area contributed by atoms with E-state index in [2.05, 4.69) is 26.7 Å². The van der Waals surface area contributed by atoms with Crippen LogP contribution in [0.25, 0.3) is 0 Å². The Bertz CT molecular complexity index is 514. The lowest BCUT2D eigenvalue weighted by atomic mass is 10.2. The Morgan fingerprint density at radius 3 is 2.86 bits per heavy atom. The second kappa shape index (κ2) is 10.2. The van der Waals surface area contributed by atoms with Crippen LogP contribution >= 0.6 is 24.0 Å². The normalized spacial score (nSPS) is 10.8. The van der Waals surface area contributed by atoms with Crippen molar-refractivity contribution in [3.63, 3.8) is 0 Å². The molecule has 0 bridgehead atoms. The fraction of sp³-hybridized carbons (Fsp3) is 0.333. The van der Waals surface area contributed by atoms with E-state index >= 15 is 0 Å². The molecular weight excluding hydrogens is 379 g/mol. The van der Waals surface area contributed by atoms with E-state index in [1.165, 1.54) is 5.56 Å². The van der Waals surface area contributed by atoms with Crippen molar-refractivity contribution in [2.45, 2.75) is 19.9 Å². The Labute approximate surface area is 142 Å². The standard InChI is InChI=1S/C15H20N4O.HI/c1-2-17-15(19-12-14-6-4-10-20-14)18-9-7-13-5-3-8-16-11-13;/h3-6,8,10-11H,2,7,9,12H2,1H3,(H2,17,18,19);1H. The van der Waals surface area contributed by atoms with Crippen molar-refractivity contribution in [3.8, 4) is 0 Å². The van der Waals surface area contributed by atoms with Crippen LogP contribution in [0.1, 0.15) is 18.2 Å². The molecule has 114 valence electrons. The van der Waals surface area contributed by atoms with Crippen molar-refractivity contribution in [2.24, 2.45) is 4.99 Å². The fourth-order valence-electron chi connectivity index (χ4n) is 1.77. The maximum atomic E-state index is 5.26. The number of nitrogens with one attached hydrogen (secondary N) is 2. The van der Waals surface area contributed by atoms with Crippen LogP contribution in [-0.4, -0.2) is 24.0 Å². The van der Waals surface area contributed by atoms with Gasteiger partial charge in [-0.25, -0.2) is 4.99 Å². The van der Waals surface area contributed by atoms with E-state index in [-0.39, 0.29) is 24.0 Å². The van der Waals surface area contributed by atoms with E-state index in [0.29, 0.717) is 6.54 Å². The molecule has 0 spiro atoms. The van der Waals surface area contributed by atoms with Crippen molar-refractivity contribution >= 4 is 29.9 Å². The molecule has 0 fully saturated rings. The summed E-state index contributed by atoms with van der Waals surface area (Å²) >= 11 is 0. The van der Waals surface area contributed by atoms with Crippen molar-refractivity contribution < 1.29 is 4.42 Å². The van der Waals surface area contributed by atoms with Gasteiger partial charge in [0, 0.05) is 25.5 Å². The first kappa shape index (κ1) is 17.5. The van der Waals surface area contributed by atoms with Crippen LogP contribution in [0.3, 0.4) is 0 Å². The number of hydrogen-bond donors (Lipinski definition) is 2. The van der Waals surface area contributed by atoms with Crippen molar-refractivity contribution in [1.82, 2.24) is 15.6 Å². The second-order valence-corrected chi connectivity index (χ2v) is 4.31. The highest BCUT2D eigenvalue weighted by Gasteiger charge is 1.99. The molecule has 0 aromatic carbocycles. The van der Waals surface area contributed by atoms with Crippen LogP contribution in [0.4, 0.5) is 0 Å². The van der Waals surface area contributed by atoms with Crippen molar-refractivity contribution in [2.75, 3.05) is 13.1 Å². The summed E-state index contributed by atoms with van der Waals surface area (Å²) in [6.07, 6.45) is 6.24. The van der Waals surface area contributed by atoms with Gasteiger partial charge < -0.3 is 15.1 Å². The van der Waals surface area contributed by atoms with E-state index in [1.54, 1.807) is 12.5 Å². The first-order valence-electron chi connectivity index (χ1n) is 6.82. The van der Waals surface area contributed by atoms with E-state index in [9.17, 15) is 0 Å². The maximum absolute atomic E-state index is 5.26. The zero-order valence-electron chi connectivity index (χ0n) is 12.1. The molecule has 2 aromatic heterocycles. The summed E-state index contributed by atoms with van der Waals surface area (Å²) in [7, 11) is 0. The number of rotatable bonds is 6. The zero-order valence-corrected chi connectivity index (χ0v) is 14.4. The van der Waals surface area contributed by atoms with Gasteiger partial charge in [0.25, 0.3) is 0 Å². The SMILES string of the molecule is CCNC(=NCc1ccco1)NCCc1cccnc1.I. The highest BCUT2D eigenvalue weighted by Crippen LogP contribution is 2.01. The minimum Gasteiger partial charge on any atom is -0.467 e. The smallest absolute Gasteiger partial charge is 0.191 e. The summed E-state index contributed by atoms with van der Waals surface area (Å²) < 4.78 is 5.26. The molecule has 2 aromatic rings. The van der Waals surface area contributed by atoms with Gasteiger partial charge in [-0.1, -0.05) is 6.07 Å². The van der Waals surface area contributed by atoms with Gasteiger partial charge in [0.2, 0.25) is 0 Å². The molecule has 2 rings (SSSR count). The van der Waals surface area contributed by atoms with E-state index < -0.39 is 0 Å². The van der Waals surface area contributed by atoms with Crippen LogP contribution in [0.15, 0.2) is 52.3 Å². The number of hydrogen-bond acceptors (Lipinski definition) is 3. The van der Waals surface area contributed by atoms with Gasteiger partial charge in [0.1, 0.15) is 12.3 Å². The summed E-state index contributed by atoms with van der Waals surface area (Å²) in [5.74, 6) is 1.65. The summed E-state index contributed by atoms with van der Waals surface area (Å²) in [4.78, 5) is 8.57. The van der Waals surface area contributed by atoms with E-state index in [1.807, 2.05) is 31.3 Å². The third-order valence-corrected chi connectivity index (χ3v) is 2.75. The van der Waals surface area contributed by atoms with Gasteiger partial charge in [0.05, 0.1) is 6.26 Å². The zero-order chi connectivity index (χ0) is 14.0. The second-order valence-electron chi connectivity index (χ2n) is 4.31. The predicted molar refractivity (Wildman–Crippen MR) is 94.9 cm³/mol. The predicted octanol–water partition coefficient (Wildman–Crippen LogP) is 2.59. The molecular formula is C15H21IN4O. The molecule has 0 atom stereocenters. The van der Waals surface area contributed by atoms with Gasteiger partial charge in [-0.2, -0.15) is 0 Å². The Hall–Kier alpha value is -1.57. The van der Waals surface area contributed by atoms with E-state index in [0.717, 1.165) is 31.2 Å². The van der Waals surface area contributed by atoms with Gasteiger partial charge in [0.15, 0.2) is 5.96 Å². The number of furan rings is 1. The number of pyridine rings is 1. The molecule has 5 nitrogen and oxygen atoms in total. The van der Waals surface area contributed by atoms with Crippen molar-refractivity contribution in [3.05, 3.63) is 54.2 Å². The molecule has 6 heteroatoms. The molecule has 2 heterocycles. The largest absolute Gasteiger partial charge is 0.467 e. The monoisotopic (exact) mass is 400 g/mol. The molecule has 0 saturated carbocycles. The summed E-state index contributed by atoms with van der Waals surface area (Å²) in [6, 6.07) is 7.81. The minimum absolute atomic E-state index is 0. The third kappa shape index (κ3) is 6.61. The molecule has 0 aliphatic carbocycles. The summed E-state index contributed by atoms with van der Waals surface area (Å²) in [5, 5.41) is 6.51. The Balaban J connectivity index is 0.00000220. The summed E-state index contributed by atoms with van der Waals surface area (Å²) in [5.41, 5.74) is 1.21. The minimum atomic E-state index is 0. The molecule has 0 radical (unpaired) electrons. The highest BCUT2D eigenvalue weighted by molar-refractivity contribution is 14.0. The van der Waals surface area contributed by atoms with Gasteiger partial charge in [-0.05, 0) is 37.1 Å². The maximum Gasteiger partial charge on any atom is 0.191 e. The molecule has 21 heavy (non-hydrogen) atoms. The molecule has 0 unspecified atom stereocenters. The average molecular weight is 400 g/mol. The molecule has 0 amide bonds. The fourth-order valence-corrected chi connectivity index (χ4v) is 1.77. The molecule has 0 saturated heterocycles. The number of halogens is 1. The molecule has 2 N–H and O–H groups in total. The molecule has 0 aliphatic rings. The highest BCUT2D eigenvalue weighted by atomic mass is 127. The van der Waals surface area contributed by atoms with Gasteiger partial charge >= 0.3 is 0 Å².